The van der Waals surface area contributed by atoms with Crippen molar-refractivity contribution >= 4 is 17.3 Å². The number of hydrogen-bond acceptors (Lipinski definition) is 4. The topological polar surface area (TPSA) is 39.2 Å². The van der Waals surface area contributed by atoms with Crippen molar-refractivity contribution in [1.82, 2.24) is 4.98 Å². The molecule has 1 heterocycles. The fourth-order valence-corrected chi connectivity index (χ4v) is 3.96. The van der Waals surface area contributed by atoms with Crippen LogP contribution in [0.4, 0.5) is 13.2 Å². The number of rotatable bonds is 4. The zero-order valence-corrected chi connectivity index (χ0v) is 14.1. The number of thiazole rings is 1. The second-order valence-corrected chi connectivity index (χ2v) is 6.81. The van der Waals surface area contributed by atoms with E-state index in [1.54, 1.807) is 19.9 Å². The number of carbonyl (C=O) groups is 1. The van der Waals surface area contributed by atoms with Crippen molar-refractivity contribution in [3.8, 4) is 0 Å². The molecule has 0 radical (unpaired) electrons. The van der Waals surface area contributed by atoms with Gasteiger partial charge in [0.05, 0.1) is 17.9 Å². The van der Waals surface area contributed by atoms with Gasteiger partial charge in [-0.3, -0.25) is 0 Å². The number of benzene rings is 1. The molecule has 24 heavy (non-hydrogen) atoms. The van der Waals surface area contributed by atoms with E-state index in [2.05, 4.69) is 4.98 Å². The number of nitrogens with zero attached hydrogens (tertiary/aromatic N) is 1. The largest absolute Gasteiger partial charge is 0.462 e. The highest BCUT2D eigenvalue weighted by Crippen LogP contribution is 2.55. The average Bonchev–Trinajstić information content (AvgIpc) is 3.24. The van der Waals surface area contributed by atoms with Crippen molar-refractivity contribution in [2.75, 3.05) is 6.61 Å². The second-order valence-electron chi connectivity index (χ2n) is 5.81. The van der Waals surface area contributed by atoms with Gasteiger partial charge >= 0.3 is 12.1 Å². The first-order chi connectivity index (χ1) is 11.3. The first-order valence-corrected chi connectivity index (χ1v) is 8.42. The average molecular weight is 355 g/mol. The van der Waals surface area contributed by atoms with Crippen LogP contribution >= 0.6 is 11.3 Å². The first-order valence-electron chi connectivity index (χ1n) is 7.60. The van der Waals surface area contributed by atoms with Gasteiger partial charge in [0.15, 0.2) is 0 Å². The highest BCUT2D eigenvalue weighted by atomic mass is 32.1. The molecule has 1 aliphatic rings. The lowest BCUT2D eigenvalue weighted by atomic mass is 9.95. The molecule has 128 valence electrons. The van der Waals surface area contributed by atoms with Crippen LogP contribution in [0.5, 0.6) is 0 Å². The molecule has 0 unspecified atom stereocenters. The van der Waals surface area contributed by atoms with Crippen LogP contribution in [0.15, 0.2) is 24.3 Å². The van der Waals surface area contributed by atoms with E-state index in [-0.39, 0.29) is 6.61 Å². The number of carbonyl (C=O) groups excluding carboxylic acids is 1. The Balaban J connectivity index is 1.98. The quantitative estimate of drug-likeness (QED) is 0.745. The summed E-state index contributed by atoms with van der Waals surface area (Å²) >= 11 is 1.22. The third kappa shape index (κ3) is 2.92. The Bertz CT molecular complexity index is 778. The van der Waals surface area contributed by atoms with E-state index in [1.807, 2.05) is 0 Å². The lowest BCUT2D eigenvalue weighted by Gasteiger charge is -2.15. The van der Waals surface area contributed by atoms with E-state index in [9.17, 15) is 18.0 Å². The molecule has 1 aromatic carbocycles. The smallest absolute Gasteiger partial charge is 0.416 e. The molecular weight excluding hydrogens is 339 g/mol. The van der Waals surface area contributed by atoms with Crippen LogP contribution in [-0.4, -0.2) is 17.6 Å². The Morgan fingerprint density at radius 3 is 2.67 bits per heavy atom. The van der Waals surface area contributed by atoms with Gasteiger partial charge in [0.25, 0.3) is 0 Å². The molecule has 0 atom stereocenters. The molecule has 1 aromatic heterocycles. The fraction of sp³-hybridized carbons (Fsp3) is 0.412. The van der Waals surface area contributed by atoms with Crippen molar-refractivity contribution in [3.05, 3.63) is 51.0 Å². The Kier molecular flexibility index (Phi) is 4.15. The molecule has 0 N–H and O–H groups in total. The number of hydrogen-bond donors (Lipinski definition) is 0. The van der Waals surface area contributed by atoms with Crippen LogP contribution in [0, 0.1) is 6.92 Å². The molecule has 3 rings (SSSR count). The summed E-state index contributed by atoms with van der Waals surface area (Å²) in [5, 5.41) is 0.683. The lowest BCUT2D eigenvalue weighted by Crippen LogP contribution is -2.11. The summed E-state index contributed by atoms with van der Waals surface area (Å²) < 4.78 is 43.9. The summed E-state index contributed by atoms with van der Waals surface area (Å²) in [5.74, 6) is -0.432. The lowest BCUT2D eigenvalue weighted by molar-refractivity contribution is -0.137. The van der Waals surface area contributed by atoms with Gasteiger partial charge in [0.1, 0.15) is 9.88 Å². The maximum atomic E-state index is 13.0. The standard InChI is InChI=1S/C17H16F3NO2S/c1-3-23-14(22)13-10(2)21-15(24-13)16(7-8-16)11-5-4-6-12(9-11)17(18,19)20/h4-6,9H,3,7-8H2,1-2H3. The minimum atomic E-state index is -4.37. The Morgan fingerprint density at radius 1 is 1.38 bits per heavy atom. The number of alkyl halides is 3. The van der Waals surface area contributed by atoms with Crippen molar-refractivity contribution in [2.24, 2.45) is 0 Å². The number of halogens is 3. The molecule has 1 aliphatic carbocycles. The molecule has 3 nitrogen and oxygen atoms in total. The van der Waals surface area contributed by atoms with Crippen molar-refractivity contribution in [2.45, 2.75) is 38.3 Å². The van der Waals surface area contributed by atoms with Gasteiger partial charge in [-0.05, 0) is 38.3 Å². The van der Waals surface area contributed by atoms with Crippen molar-refractivity contribution in [1.29, 1.82) is 0 Å². The van der Waals surface area contributed by atoms with Gasteiger partial charge in [-0.15, -0.1) is 11.3 Å². The van der Waals surface area contributed by atoms with E-state index in [1.165, 1.54) is 23.5 Å². The molecule has 7 heteroatoms. The minimum Gasteiger partial charge on any atom is -0.462 e. The van der Waals surface area contributed by atoms with Gasteiger partial charge in [-0.25, -0.2) is 9.78 Å². The highest BCUT2D eigenvalue weighted by molar-refractivity contribution is 7.14. The van der Waals surface area contributed by atoms with Crippen LogP contribution in [0.1, 0.15) is 51.3 Å². The highest BCUT2D eigenvalue weighted by Gasteiger charge is 2.49. The Hall–Kier alpha value is -1.89. The number of ether oxygens (including phenoxy) is 1. The molecule has 0 saturated heterocycles. The van der Waals surface area contributed by atoms with Crippen molar-refractivity contribution in [3.63, 3.8) is 0 Å². The molecule has 1 saturated carbocycles. The number of esters is 1. The van der Waals surface area contributed by atoms with Gasteiger partial charge in [0, 0.05) is 5.41 Å². The second kappa shape index (κ2) is 5.88. The summed E-state index contributed by atoms with van der Waals surface area (Å²) in [4.78, 5) is 16.8. The monoisotopic (exact) mass is 355 g/mol. The summed E-state index contributed by atoms with van der Waals surface area (Å²) in [7, 11) is 0. The van der Waals surface area contributed by atoms with E-state index in [4.69, 9.17) is 4.74 Å². The van der Waals surface area contributed by atoms with Gasteiger partial charge < -0.3 is 4.74 Å². The minimum absolute atomic E-state index is 0.268. The summed E-state index contributed by atoms with van der Waals surface area (Å²) in [6.07, 6.45) is -2.92. The molecule has 0 amide bonds. The molecule has 0 bridgehead atoms. The Morgan fingerprint density at radius 2 is 2.08 bits per heavy atom. The third-order valence-corrected chi connectivity index (χ3v) is 5.50. The van der Waals surface area contributed by atoms with E-state index < -0.39 is 23.1 Å². The summed E-state index contributed by atoms with van der Waals surface area (Å²) in [6, 6.07) is 5.37. The predicted octanol–water partition coefficient (Wildman–Crippen LogP) is 4.73. The van der Waals surface area contributed by atoms with Gasteiger partial charge in [0.2, 0.25) is 0 Å². The zero-order chi connectivity index (χ0) is 17.5. The first kappa shape index (κ1) is 17.0. The maximum absolute atomic E-state index is 13.0. The molecular formula is C17H16F3NO2S. The van der Waals surface area contributed by atoms with Gasteiger partial charge in [-0.2, -0.15) is 13.2 Å². The van der Waals surface area contributed by atoms with Crippen LogP contribution in [0.25, 0.3) is 0 Å². The van der Waals surface area contributed by atoms with Crippen molar-refractivity contribution < 1.29 is 22.7 Å². The molecule has 1 fully saturated rings. The number of aryl methyl sites for hydroxylation is 1. The van der Waals surface area contributed by atoms with Crippen LogP contribution < -0.4 is 0 Å². The summed E-state index contributed by atoms with van der Waals surface area (Å²) in [5.41, 5.74) is -0.0140. The van der Waals surface area contributed by atoms with E-state index in [0.717, 1.165) is 18.9 Å². The predicted molar refractivity (Wildman–Crippen MR) is 84.3 cm³/mol. The molecule has 2 aromatic rings. The van der Waals surface area contributed by atoms with Gasteiger partial charge in [-0.1, -0.05) is 18.2 Å². The zero-order valence-electron chi connectivity index (χ0n) is 13.2. The SMILES string of the molecule is CCOC(=O)c1sc(C2(c3cccc(C(F)(F)F)c3)CC2)nc1C. The Labute approximate surface area is 141 Å². The van der Waals surface area contributed by atoms with Crippen LogP contribution in [0.2, 0.25) is 0 Å². The number of aromatic nitrogens is 1. The molecule has 0 aliphatic heterocycles. The fourth-order valence-electron chi connectivity index (χ4n) is 2.73. The summed E-state index contributed by atoms with van der Waals surface area (Å²) in [6.45, 7) is 3.71. The third-order valence-electron chi connectivity index (χ3n) is 4.16. The van der Waals surface area contributed by atoms with Crippen LogP contribution in [-0.2, 0) is 16.3 Å². The molecule has 0 spiro atoms. The van der Waals surface area contributed by atoms with E-state index in [0.29, 0.717) is 21.1 Å². The normalized spacial score (nSPS) is 16.0. The maximum Gasteiger partial charge on any atom is 0.416 e. The van der Waals surface area contributed by atoms with E-state index >= 15 is 0 Å². The van der Waals surface area contributed by atoms with Crippen LogP contribution in [0.3, 0.4) is 0 Å².